The van der Waals surface area contributed by atoms with Gasteiger partial charge in [-0.05, 0) is 27.8 Å². The average Bonchev–Trinajstić information content (AvgIpc) is 2.76. The first-order valence-corrected chi connectivity index (χ1v) is 7.61. The number of hydrogen-bond acceptors (Lipinski definition) is 5. The maximum atomic E-state index is 12.2. The maximum absolute atomic E-state index is 12.2. The molecule has 0 unspecified atom stereocenters. The number of sulfonamides is 1. The van der Waals surface area contributed by atoms with Gasteiger partial charge in [0.15, 0.2) is 5.03 Å². The van der Waals surface area contributed by atoms with E-state index < -0.39 is 15.6 Å². The molecule has 1 heterocycles. The van der Waals surface area contributed by atoms with Crippen molar-refractivity contribution < 1.29 is 13.2 Å². The largest absolute Gasteiger partial charge is 0.375 e. The first kappa shape index (κ1) is 16.1. The van der Waals surface area contributed by atoms with Crippen LogP contribution in [0.2, 0.25) is 0 Å². The minimum Gasteiger partial charge on any atom is -0.375 e. The van der Waals surface area contributed by atoms with Gasteiger partial charge >= 0.3 is 0 Å². The molecule has 0 aliphatic carbocycles. The van der Waals surface area contributed by atoms with Crippen molar-refractivity contribution in [3.8, 4) is 0 Å². The van der Waals surface area contributed by atoms with E-state index in [9.17, 15) is 8.42 Å². The van der Waals surface area contributed by atoms with Crippen molar-refractivity contribution in [3.63, 3.8) is 0 Å². The number of aromatic nitrogens is 2. The summed E-state index contributed by atoms with van der Waals surface area (Å²) in [6.45, 7) is 6.70. The highest BCUT2D eigenvalue weighted by molar-refractivity contribution is 7.89. The molecule has 8 heteroatoms. The second-order valence-corrected chi connectivity index (χ2v) is 6.48. The lowest BCUT2D eigenvalue weighted by Crippen LogP contribution is -2.40. The fraction of sp³-hybridized carbons (Fsp3) is 0.727. The molecule has 0 spiro atoms. The van der Waals surface area contributed by atoms with Crippen molar-refractivity contribution in [1.82, 2.24) is 20.2 Å². The zero-order chi connectivity index (χ0) is 14.5. The lowest BCUT2D eigenvalue weighted by atomic mass is 10.1. The molecule has 0 aliphatic heterocycles. The third-order valence-corrected chi connectivity index (χ3v) is 3.95. The molecule has 0 aliphatic rings. The summed E-state index contributed by atoms with van der Waals surface area (Å²) in [6.07, 6.45) is 1.50. The maximum Gasteiger partial charge on any atom is 0.257 e. The van der Waals surface area contributed by atoms with Gasteiger partial charge < -0.3 is 10.1 Å². The molecule has 0 radical (unpaired) electrons. The summed E-state index contributed by atoms with van der Waals surface area (Å²) < 4.78 is 32.3. The number of ether oxygens (including phenoxy) is 1. The third-order valence-electron chi connectivity index (χ3n) is 2.54. The highest BCUT2D eigenvalue weighted by atomic mass is 32.2. The molecule has 0 bridgehead atoms. The van der Waals surface area contributed by atoms with Gasteiger partial charge in [-0.3, -0.25) is 5.10 Å². The van der Waals surface area contributed by atoms with Crippen LogP contribution in [-0.4, -0.2) is 44.4 Å². The zero-order valence-electron chi connectivity index (χ0n) is 11.8. The molecule has 19 heavy (non-hydrogen) atoms. The number of rotatable bonds is 8. The molecule has 110 valence electrons. The molecule has 1 rings (SSSR count). The Hall–Kier alpha value is -0.960. The van der Waals surface area contributed by atoms with Crippen LogP contribution in [0.1, 0.15) is 26.3 Å². The lowest BCUT2D eigenvalue weighted by molar-refractivity contribution is -0.00516. The summed E-state index contributed by atoms with van der Waals surface area (Å²) in [4.78, 5) is 0. The molecule has 0 saturated carbocycles. The van der Waals surface area contributed by atoms with E-state index in [-0.39, 0.29) is 11.6 Å². The third kappa shape index (κ3) is 4.57. The Kier molecular flexibility index (Phi) is 5.48. The molecular weight excluding hydrogens is 268 g/mol. The van der Waals surface area contributed by atoms with Gasteiger partial charge in [0.1, 0.15) is 0 Å². The number of nitrogens with zero attached hydrogens (tertiary/aromatic N) is 1. The smallest absolute Gasteiger partial charge is 0.257 e. The van der Waals surface area contributed by atoms with E-state index >= 15 is 0 Å². The van der Waals surface area contributed by atoms with Crippen molar-refractivity contribution in [2.24, 2.45) is 0 Å². The Balaban J connectivity index is 2.78. The summed E-state index contributed by atoms with van der Waals surface area (Å²) in [6, 6.07) is 0. The van der Waals surface area contributed by atoms with Crippen LogP contribution in [0, 0.1) is 0 Å². The second-order valence-electron chi connectivity index (χ2n) is 4.77. The Labute approximate surface area is 114 Å². The summed E-state index contributed by atoms with van der Waals surface area (Å²) in [5.74, 6) is 0. The molecule has 1 aromatic rings. The van der Waals surface area contributed by atoms with Gasteiger partial charge in [0.2, 0.25) is 0 Å². The van der Waals surface area contributed by atoms with Crippen LogP contribution in [0.25, 0.3) is 0 Å². The standard InChI is InChI=1S/C11H22N4O3S/c1-5-18-11(2,3)8-14-19(16,17)10-9(6-12-4)7-13-15-10/h7,12,14H,5-6,8H2,1-4H3,(H,13,15). The van der Waals surface area contributed by atoms with E-state index in [4.69, 9.17) is 4.74 Å². The van der Waals surface area contributed by atoms with E-state index in [0.717, 1.165) is 0 Å². The first-order chi connectivity index (χ1) is 8.82. The fourth-order valence-electron chi connectivity index (χ4n) is 1.63. The van der Waals surface area contributed by atoms with Gasteiger partial charge in [-0.1, -0.05) is 0 Å². The normalized spacial score (nSPS) is 12.8. The molecule has 0 amide bonds. The minimum atomic E-state index is -3.61. The summed E-state index contributed by atoms with van der Waals surface area (Å²) >= 11 is 0. The average molecular weight is 290 g/mol. The highest BCUT2D eigenvalue weighted by Gasteiger charge is 2.25. The van der Waals surface area contributed by atoms with Gasteiger partial charge in [-0.15, -0.1) is 0 Å². The highest BCUT2D eigenvalue weighted by Crippen LogP contribution is 2.13. The van der Waals surface area contributed by atoms with Crippen molar-refractivity contribution >= 4 is 10.0 Å². The van der Waals surface area contributed by atoms with Crippen LogP contribution in [-0.2, 0) is 21.3 Å². The van der Waals surface area contributed by atoms with Crippen molar-refractivity contribution in [3.05, 3.63) is 11.8 Å². The van der Waals surface area contributed by atoms with E-state index in [1.165, 1.54) is 6.20 Å². The van der Waals surface area contributed by atoms with Crippen LogP contribution in [0.5, 0.6) is 0 Å². The molecule has 0 fully saturated rings. The van der Waals surface area contributed by atoms with Crippen molar-refractivity contribution in [2.75, 3.05) is 20.2 Å². The number of aromatic amines is 1. The molecular formula is C11H22N4O3S. The van der Waals surface area contributed by atoms with Crippen molar-refractivity contribution in [1.29, 1.82) is 0 Å². The second kappa shape index (κ2) is 6.47. The number of H-pyrrole nitrogens is 1. The first-order valence-electron chi connectivity index (χ1n) is 6.13. The predicted octanol–water partition coefficient (Wildman–Crippen LogP) is 0.223. The Morgan fingerprint density at radius 1 is 1.47 bits per heavy atom. The molecule has 3 N–H and O–H groups in total. The van der Waals surface area contributed by atoms with E-state index in [2.05, 4.69) is 20.2 Å². The number of hydrogen-bond donors (Lipinski definition) is 3. The molecule has 0 aromatic carbocycles. The van der Waals surface area contributed by atoms with E-state index in [0.29, 0.717) is 18.7 Å². The Morgan fingerprint density at radius 3 is 2.74 bits per heavy atom. The van der Waals surface area contributed by atoms with Gasteiger partial charge in [0.05, 0.1) is 11.8 Å². The minimum absolute atomic E-state index is 0.0918. The quantitative estimate of drug-likeness (QED) is 0.636. The lowest BCUT2D eigenvalue weighted by Gasteiger charge is -2.24. The van der Waals surface area contributed by atoms with Crippen LogP contribution >= 0.6 is 0 Å². The van der Waals surface area contributed by atoms with Gasteiger partial charge in [0, 0.05) is 25.3 Å². The Morgan fingerprint density at radius 2 is 2.16 bits per heavy atom. The summed E-state index contributed by atoms with van der Waals surface area (Å²) in [7, 11) is -1.86. The summed E-state index contributed by atoms with van der Waals surface area (Å²) in [5, 5.41) is 9.28. The molecule has 7 nitrogen and oxygen atoms in total. The monoisotopic (exact) mass is 290 g/mol. The van der Waals surface area contributed by atoms with Crippen LogP contribution in [0.4, 0.5) is 0 Å². The van der Waals surface area contributed by atoms with Gasteiger partial charge in [-0.2, -0.15) is 5.10 Å². The SMILES string of the molecule is CCOC(C)(C)CNS(=O)(=O)c1[nH]ncc1CNC. The summed E-state index contributed by atoms with van der Waals surface area (Å²) in [5.41, 5.74) is 0.0505. The predicted molar refractivity (Wildman–Crippen MR) is 72.2 cm³/mol. The molecule has 0 saturated heterocycles. The Bertz CT molecular complexity index is 496. The van der Waals surface area contributed by atoms with Gasteiger partial charge in [-0.25, -0.2) is 13.1 Å². The van der Waals surface area contributed by atoms with Crippen LogP contribution in [0.15, 0.2) is 11.2 Å². The zero-order valence-corrected chi connectivity index (χ0v) is 12.6. The molecule has 0 atom stereocenters. The van der Waals surface area contributed by atoms with E-state index in [1.807, 2.05) is 20.8 Å². The number of nitrogens with one attached hydrogen (secondary N) is 3. The van der Waals surface area contributed by atoms with Crippen LogP contribution in [0.3, 0.4) is 0 Å². The topological polar surface area (TPSA) is 96.1 Å². The fourth-order valence-corrected chi connectivity index (χ4v) is 2.96. The van der Waals surface area contributed by atoms with Gasteiger partial charge in [0.25, 0.3) is 10.0 Å². The van der Waals surface area contributed by atoms with E-state index in [1.54, 1.807) is 7.05 Å². The van der Waals surface area contributed by atoms with Crippen LogP contribution < -0.4 is 10.0 Å². The molecule has 1 aromatic heterocycles. The van der Waals surface area contributed by atoms with Crippen molar-refractivity contribution in [2.45, 2.75) is 37.9 Å².